The van der Waals surface area contributed by atoms with E-state index >= 15 is 0 Å². The number of pyridine rings is 1. The van der Waals surface area contributed by atoms with Crippen molar-refractivity contribution < 1.29 is 9.59 Å². The lowest BCUT2D eigenvalue weighted by Gasteiger charge is -2.36. The zero-order valence-electron chi connectivity index (χ0n) is 19.6. The van der Waals surface area contributed by atoms with Crippen LogP contribution < -0.4 is 10.2 Å². The number of nitrogens with zero attached hydrogens (tertiary/aromatic N) is 3. The standard InChI is InChI=1S/C29H25BrN4O2/c30-23-18-22(19-31-20-23)28(35)32-24-10-12-25(13-11-24)33-14-16-34(17-15-33)29(36)27-9-5-4-8-26(27)21-6-2-1-3-7-21/h1-13,18-20H,14-17H2,(H,32,35). The minimum absolute atomic E-state index is 0.0641. The van der Waals surface area contributed by atoms with E-state index in [-0.39, 0.29) is 11.8 Å². The molecule has 0 bridgehead atoms. The van der Waals surface area contributed by atoms with Crippen LogP contribution in [0.2, 0.25) is 0 Å². The number of piperazine rings is 1. The number of halogens is 1. The third-order valence-electron chi connectivity index (χ3n) is 6.27. The first-order valence-corrected chi connectivity index (χ1v) is 12.6. The SMILES string of the molecule is O=C(Nc1ccc(N2CCN(C(=O)c3ccccc3-c3ccccc3)CC2)cc1)c1cncc(Br)c1. The molecule has 180 valence electrons. The second-order valence-corrected chi connectivity index (χ2v) is 9.50. The van der Waals surface area contributed by atoms with E-state index in [9.17, 15) is 9.59 Å². The molecule has 5 rings (SSSR count). The summed E-state index contributed by atoms with van der Waals surface area (Å²) in [6.07, 6.45) is 3.18. The van der Waals surface area contributed by atoms with E-state index in [1.165, 1.54) is 6.20 Å². The van der Waals surface area contributed by atoms with Gasteiger partial charge in [0.15, 0.2) is 0 Å². The van der Waals surface area contributed by atoms with Gasteiger partial charge in [-0.2, -0.15) is 0 Å². The Hall–Kier alpha value is -3.97. The molecule has 1 aromatic heterocycles. The van der Waals surface area contributed by atoms with E-state index in [4.69, 9.17) is 0 Å². The summed E-state index contributed by atoms with van der Waals surface area (Å²) in [6.45, 7) is 2.79. The van der Waals surface area contributed by atoms with Crippen LogP contribution in [0.3, 0.4) is 0 Å². The Kier molecular flexibility index (Phi) is 7.09. The van der Waals surface area contributed by atoms with Crippen LogP contribution in [-0.2, 0) is 0 Å². The monoisotopic (exact) mass is 540 g/mol. The van der Waals surface area contributed by atoms with Gasteiger partial charge < -0.3 is 15.1 Å². The van der Waals surface area contributed by atoms with Crippen LogP contribution in [0, 0.1) is 0 Å². The average molecular weight is 541 g/mol. The highest BCUT2D eigenvalue weighted by molar-refractivity contribution is 9.10. The van der Waals surface area contributed by atoms with Crippen molar-refractivity contribution in [2.75, 3.05) is 36.4 Å². The predicted molar refractivity (Wildman–Crippen MR) is 146 cm³/mol. The van der Waals surface area contributed by atoms with E-state index in [2.05, 4.69) is 31.1 Å². The maximum atomic E-state index is 13.4. The van der Waals surface area contributed by atoms with Crippen LogP contribution in [0.25, 0.3) is 11.1 Å². The van der Waals surface area contributed by atoms with Gasteiger partial charge in [-0.3, -0.25) is 14.6 Å². The van der Waals surface area contributed by atoms with E-state index in [0.29, 0.717) is 18.7 Å². The zero-order chi connectivity index (χ0) is 24.9. The highest BCUT2D eigenvalue weighted by Gasteiger charge is 2.24. The largest absolute Gasteiger partial charge is 0.368 e. The molecule has 7 heteroatoms. The minimum atomic E-state index is -0.209. The number of anilines is 2. The normalized spacial score (nSPS) is 13.4. The van der Waals surface area contributed by atoms with Gasteiger partial charge in [0.05, 0.1) is 5.56 Å². The topological polar surface area (TPSA) is 65.5 Å². The van der Waals surface area contributed by atoms with E-state index in [0.717, 1.165) is 45.6 Å². The summed E-state index contributed by atoms with van der Waals surface area (Å²) in [5.74, 6) is -0.145. The maximum Gasteiger partial charge on any atom is 0.257 e. The highest BCUT2D eigenvalue weighted by Crippen LogP contribution is 2.26. The summed E-state index contributed by atoms with van der Waals surface area (Å²) in [6, 6.07) is 27.4. The molecule has 4 aromatic rings. The smallest absolute Gasteiger partial charge is 0.257 e. The van der Waals surface area contributed by atoms with Crippen molar-refractivity contribution in [2.24, 2.45) is 0 Å². The number of benzene rings is 3. The van der Waals surface area contributed by atoms with Crippen molar-refractivity contribution in [1.29, 1.82) is 0 Å². The molecule has 3 aromatic carbocycles. The average Bonchev–Trinajstić information content (AvgIpc) is 2.94. The molecular formula is C29H25BrN4O2. The van der Waals surface area contributed by atoms with Crippen molar-refractivity contribution in [1.82, 2.24) is 9.88 Å². The van der Waals surface area contributed by atoms with Gasteiger partial charge in [-0.1, -0.05) is 48.5 Å². The zero-order valence-corrected chi connectivity index (χ0v) is 21.2. The molecule has 0 unspecified atom stereocenters. The highest BCUT2D eigenvalue weighted by atomic mass is 79.9. The van der Waals surface area contributed by atoms with Crippen LogP contribution in [0.1, 0.15) is 20.7 Å². The fraction of sp³-hybridized carbons (Fsp3) is 0.138. The lowest BCUT2D eigenvalue weighted by Crippen LogP contribution is -2.48. The van der Waals surface area contributed by atoms with Crippen molar-refractivity contribution in [3.63, 3.8) is 0 Å². The molecule has 6 nitrogen and oxygen atoms in total. The van der Waals surface area contributed by atoms with Crippen LogP contribution in [-0.4, -0.2) is 47.9 Å². The number of hydrogen-bond acceptors (Lipinski definition) is 4. The Bertz CT molecular complexity index is 1370. The summed E-state index contributed by atoms with van der Waals surface area (Å²) in [5.41, 5.74) is 5.01. The van der Waals surface area contributed by atoms with Gasteiger partial charge in [0.2, 0.25) is 0 Å². The second kappa shape index (κ2) is 10.7. The molecule has 1 saturated heterocycles. The third kappa shape index (κ3) is 5.31. The molecule has 0 atom stereocenters. The Balaban J connectivity index is 1.21. The number of nitrogens with one attached hydrogen (secondary N) is 1. The molecule has 0 spiro atoms. The lowest BCUT2D eigenvalue weighted by atomic mass is 9.98. The van der Waals surface area contributed by atoms with E-state index in [1.807, 2.05) is 83.8 Å². The van der Waals surface area contributed by atoms with Gasteiger partial charge in [0.1, 0.15) is 0 Å². The lowest BCUT2D eigenvalue weighted by molar-refractivity contribution is 0.0747. The third-order valence-corrected chi connectivity index (χ3v) is 6.70. The molecule has 0 saturated carbocycles. The van der Waals surface area contributed by atoms with Gasteiger partial charge in [-0.05, 0) is 63.5 Å². The fourth-order valence-electron chi connectivity index (χ4n) is 4.37. The Morgan fingerprint density at radius 3 is 2.22 bits per heavy atom. The first kappa shape index (κ1) is 23.8. The summed E-state index contributed by atoms with van der Waals surface area (Å²) >= 11 is 3.34. The molecule has 1 fully saturated rings. The second-order valence-electron chi connectivity index (χ2n) is 8.58. The number of rotatable bonds is 5. The maximum absolute atomic E-state index is 13.4. The summed E-state index contributed by atoms with van der Waals surface area (Å²) < 4.78 is 0.756. The van der Waals surface area contributed by atoms with Crippen molar-refractivity contribution >= 4 is 39.1 Å². The number of amides is 2. The van der Waals surface area contributed by atoms with E-state index < -0.39 is 0 Å². The Labute approximate surface area is 218 Å². The van der Waals surface area contributed by atoms with Crippen LogP contribution >= 0.6 is 15.9 Å². The van der Waals surface area contributed by atoms with Gasteiger partial charge in [0.25, 0.3) is 11.8 Å². The van der Waals surface area contributed by atoms with Gasteiger partial charge in [-0.25, -0.2) is 0 Å². The molecule has 2 amide bonds. The van der Waals surface area contributed by atoms with Gasteiger partial charge in [0, 0.05) is 60.0 Å². The van der Waals surface area contributed by atoms with Crippen LogP contribution in [0.15, 0.2) is 102 Å². The quantitative estimate of drug-likeness (QED) is 0.351. The fourth-order valence-corrected chi connectivity index (χ4v) is 4.74. The molecule has 2 heterocycles. The number of hydrogen-bond donors (Lipinski definition) is 1. The predicted octanol–water partition coefficient (Wildman–Crippen LogP) is 5.73. The molecule has 0 aliphatic carbocycles. The molecular weight excluding hydrogens is 516 g/mol. The van der Waals surface area contributed by atoms with Crippen molar-refractivity contribution in [3.05, 3.63) is 113 Å². The molecule has 1 aliphatic rings. The van der Waals surface area contributed by atoms with Crippen molar-refractivity contribution in [2.45, 2.75) is 0 Å². The molecule has 1 aliphatic heterocycles. The number of carbonyl (C=O) groups excluding carboxylic acids is 2. The molecule has 0 radical (unpaired) electrons. The summed E-state index contributed by atoms with van der Waals surface area (Å²) in [7, 11) is 0. The van der Waals surface area contributed by atoms with Gasteiger partial charge in [-0.15, -0.1) is 0 Å². The summed E-state index contributed by atoms with van der Waals surface area (Å²) in [4.78, 5) is 34.1. The Morgan fingerprint density at radius 2 is 1.50 bits per heavy atom. The molecule has 1 N–H and O–H groups in total. The Morgan fingerprint density at radius 1 is 0.806 bits per heavy atom. The molecule has 36 heavy (non-hydrogen) atoms. The number of carbonyl (C=O) groups is 2. The van der Waals surface area contributed by atoms with Crippen LogP contribution in [0.4, 0.5) is 11.4 Å². The van der Waals surface area contributed by atoms with Crippen LogP contribution in [0.5, 0.6) is 0 Å². The van der Waals surface area contributed by atoms with Gasteiger partial charge >= 0.3 is 0 Å². The van der Waals surface area contributed by atoms with E-state index in [1.54, 1.807) is 12.3 Å². The summed E-state index contributed by atoms with van der Waals surface area (Å²) in [5, 5.41) is 2.90. The number of aromatic nitrogens is 1. The minimum Gasteiger partial charge on any atom is -0.368 e. The van der Waals surface area contributed by atoms with Crippen molar-refractivity contribution in [3.8, 4) is 11.1 Å². The first-order chi connectivity index (χ1) is 17.6. The first-order valence-electron chi connectivity index (χ1n) is 11.8.